The van der Waals surface area contributed by atoms with E-state index in [-0.39, 0.29) is 5.91 Å². The van der Waals surface area contributed by atoms with Crippen LogP contribution in [0.15, 0.2) is 55.1 Å². The molecular formula is C20H20N6O. The standard InChI is InChI=1S/C20H20N6O/c27-20(15-10-17(12-21-11-15)26-8-7-22-24-26)23-18-3-1-2-4-19(18)25-13-14-5-6-16(25)9-14/h1-4,7-8,10-12,14,16H,5-6,9,13H2,(H,23,27). The topological polar surface area (TPSA) is 75.9 Å². The molecule has 2 atom stereocenters. The van der Waals surface area contributed by atoms with Crippen LogP contribution in [-0.4, -0.2) is 38.5 Å². The molecule has 1 saturated heterocycles. The zero-order valence-corrected chi connectivity index (χ0v) is 14.8. The van der Waals surface area contributed by atoms with Gasteiger partial charge in [0.25, 0.3) is 5.91 Å². The molecule has 1 saturated carbocycles. The van der Waals surface area contributed by atoms with Crippen LogP contribution in [0.25, 0.3) is 5.69 Å². The van der Waals surface area contributed by atoms with Crippen molar-refractivity contribution in [3.05, 3.63) is 60.7 Å². The summed E-state index contributed by atoms with van der Waals surface area (Å²) in [7, 11) is 0. The molecule has 2 bridgehead atoms. The first-order valence-electron chi connectivity index (χ1n) is 9.27. The molecule has 2 aliphatic rings. The summed E-state index contributed by atoms with van der Waals surface area (Å²) in [5.74, 6) is 0.614. The first-order valence-corrected chi connectivity index (χ1v) is 9.27. The molecule has 2 aromatic heterocycles. The van der Waals surface area contributed by atoms with Crippen LogP contribution < -0.4 is 10.2 Å². The number of piperidine rings is 1. The maximum absolute atomic E-state index is 12.8. The number of rotatable bonds is 4. The lowest BCUT2D eigenvalue weighted by atomic mass is 10.1. The zero-order valence-electron chi connectivity index (χ0n) is 14.8. The van der Waals surface area contributed by atoms with Gasteiger partial charge in [-0.25, -0.2) is 4.68 Å². The summed E-state index contributed by atoms with van der Waals surface area (Å²) >= 11 is 0. The minimum absolute atomic E-state index is 0.179. The van der Waals surface area contributed by atoms with Crippen molar-refractivity contribution in [2.24, 2.45) is 5.92 Å². The Bertz CT molecular complexity index is 970. The van der Waals surface area contributed by atoms with Gasteiger partial charge < -0.3 is 10.2 Å². The number of para-hydroxylation sites is 2. The number of aromatic nitrogens is 4. The highest BCUT2D eigenvalue weighted by atomic mass is 16.1. The van der Waals surface area contributed by atoms with Crippen molar-refractivity contribution in [1.29, 1.82) is 0 Å². The molecule has 1 amide bonds. The molecule has 27 heavy (non-hydrogen) atoms. The number of benzene rings is 1. The molecule has 1 N–H and O–H groups in total. The van der Waals surface area contributed by atoms with Gasteiger partial charge in [-0.15, -0.1) is 5.10 Å². The fourth-order valence-corrected chi connectivity index (χ4v) is 4.27. The van der Waals surface area contributed by atoms with Crippen molar-refractivity contribution in [3.63, 3.8) is 0 Å². The van der Waals surface area contributed by atoms with Crippen molar-refractivity contribution < 1.29 is 4.79 Å². The Morgan fingerprint density at radius 1 is 1.19 bits per heavy atom. The molecule has 1 aliphatic carbocycles. The molecule has 136 valence electrons. The molecule has 0 spiro atoms. The summed E-state index contributed by atoms with van der Waals surface area (Å²) in [5, 5.41) is 10.8. The smallest absolute Gasteiger partial charge is 0.257 e. The molecule has 2 fully saturated rings. The summed E-state index contributed by atoms with van der Waals surface area (Å²) in [6.45, 7) is 1.08. The van der Waals surface area contributed by atoms with Crippen molar-refractivity contribution in [1.82, 2.24) is 20.0 Å². The van der Waals surface area contributed by atoms with Gasteiger partial charge >= 0.3 is 0 Å². The van der Waals surface area contributed by atoms with Crippen molar-refractivity contribution in [2.45, 2.75) is 25.3 Å². The zero-order chi connectivity index (χ0) is 18.2. The summed E-state index contributed by atoms with van der Waals surface area (Å²) in [5.41, 5.74) is 3.14. The summed E-state index contributed by atoms with van der Waals surface area (Å²) in [4.78, 5) is 19.5. The van der Waals surface area contributed by atoms with Gasteiger partial charge in [0, 0.05) is 18.8 Å². The van der Waals surface area contributed by atoms with Crippen LogP contribution in [-0.2, 0) is 0 Å². The lowest BCUT2D eigenvalue weighted by Gasteiger charge is -2.31. The third-order valence-electron chi connectivity index (χ3n) is 5.54. The van der Waals surface area contributed by atoms with E-state index in [9.17, 15) is 4.79 Å². The normalized spacial score (nSPS) is 20.8. The number of nitrogens with zero attached hydrogens (tertiary/aromatic N) is 5. The van der Waals surface area contributed by atoms with E-state index in [1.54, 1.807) is 35.5 Å². The molecule has 2 unspecified atom stereocenters. The van der Waals surface area contributed by atoms with Crippen LogP contribution in [0, 0.1) is 5.92 Å². The minimum Gasteiger partial charge on any atom is -0.367 e. The Hall–Kier alpha value is -3.22. The molecule has 7 nitrogen and oxygen atoms in total. The number of anilines is 2. The maximum Gasteiger partial charge on any atom is 0.257 e. The number of pyridine rings is 1. The molecule has 1 aromatic carbocycles. The van der Waals surface area contributed by atoms with E-state index >= 15 is 0 Å². The Morgan fingerprint density at radius 2 is 2.11 bits per heavy atom. The molecule has 1 aliphatic heterocycles. The number of amides is 1. The van der Waals surface area contributed by atoms with E-state index < -0.39 is 0 Å². The van der Waals surface area contributed by atoms with Gasteiger partial charge in [0.05, 0.1) is 41.2 Å². The largest absolute Gasteiger partial charge is 0.367 e. The van der Waals surface area contributed by atoms with E-state index in [0.29, 0.717) is 17.3 Å². The molecular weight excluding hydrogens is 340 g/mol. The van der Waals surface area contributed by atoms with E-state index in [2.05, 4.69) is 31.6 Å². The highest BCUT2D eigenvalue weighted by Crippen LogP contribution is 2.42. The molecule has 7 heteroatoms. The van der Waals surface area contributed by atoms with Crippen LogP contribution in [0.1, 0.15) is 29.6 Å². The SMILES string of the molecule is O=C(Nc1ccccc1N1CC2CCC1C2)c1cncc(-n2ccnn2)c1. The first kappa shape index (κ1) is 16.0. The Labute approximate surface area is 157 Å². The molecule has 5 rings (SSSR count). The third-order valence-corrected chi connectivity index (χ3v) is 5.54. The number of fused-ring (bicyclic) bond motifs is 2. The van der Waals surface area contributed by atoms with E-state index in [1.807, 2.05) is 18.2 Å². The van der Waals surface area contributed by atoms with Crippen LogP contribution >= 0.6 is 0 Å². The summed E-state index contributed by atoms with van der Waals surface area (Å²) in [6, 6.07) is 10.4. The van der Waals surface area contributed by atoms with E-state index in [0.717, 1.165) is 23.8 Å². The summed E-state index contributed by atoms with van der Waals surface area (Å²) in [6.07, 6.45) is 10.4. The average Bonchev–Trinajstić information content (AvgIpc) is 3.46. The first-order chi connectivity index (χ1) is 13.3. The number of hydrogen-bond acceptors (Lipinski definition) is 5. The van der Waals surface area contributed by atoms with E-state index in [1.165, 1.54) is 19.3 Å². The van der Waals surface area contributed by atoms with Gasteiger partial charge in [0.2, 0.25) is 0 Å². The van der Waals surface area contributed by atoms with Crippen LogP contribution in [0.2, 0.25) is 0 Å². The fourth-order valence-electron chi connectivity index (χ4n) is 4.27. The van der Waals surface area contributed by atoms with Gasteiger partial charge in [-0.05, 0) is 43.4 Å². The average molecular weight is 360 g/mol. The minimum atomic E-state index is -0.179. The highest BCUT2D eigenvalue weighted by Gasteiger charge is 2.38. The van der Waals surface area contributed by atoms with Gasteiger partial charge in [-0.3, -0.25) is 9.78 Å². The van der Waals surface area contributed by atoms with Gasteiger partial charge in [-0.2, -0.15) is 0 Å². The Kier molecular flexibility index (Phi) is 3.85. The van der Waals surface area contributed by atoms with Crippen LogP contribution in [0.3, 0.4) is 0 Å². The highest BCUT2D eigenvalue weighted by molar-refractivity contribution is 6.06. The van der Waals surface area contributed by atoms with Gasteiger partial charge in [0.15, 0.2) is 0 Å². The van der Waals surface area contributed by atoms with Gasteiger partial charge in [0.1, 0.15) is 0 Å². The molecule has 3 heterocycles. The lowest BCUT2D eigenvalue weighted by Crippen LogP contribution is -2.32. The monoisotopic (exact) mass is 360 g/mol. The number of carbonyl (C=O) groups excluding carboxylic acids is 1. The quantitative estimate of drug-likeness (QED) is 0.774. The summed E-state index contributed by atoms with van der Waals surface area (Å²) < 4.78 is 1.58. The molecule has 3 aromatic rings. The van der Waals surface area contributed by atoms with E-state index in [4.69, 9.17) is 0 Å². The lowest BCUT2D eigenvalue weighted by molar-refractivity contribution is 0.102. The predicted molar refractivity (Wildman–Crippen MR) is 102 cm³/mol. The second kappa shape index (κ2) is 6.50. The van der Waals surface area contributed by atoms with Crippen molar-refractivity contribution in [3.8, 4) is 5.69 Å². The second-order valence-electron chi connectivity index (χ2n) is 7.24. The predicted octanol–water partition coefficient (Wildman–Crippen LogP) is 2.90. The third kappa shape index (κ3) is 2.95. The van der Waals surface area contributed by atoms with Crippen LogP contribution in [0.4, 0.5) is 11.4 Å². The fraction of sp³-hybridized carbons (Fsp3) is 0.300. The second-order valence-corrected chi connectivity index (χ2v) is 7.24. The van der Waals surface area contributed by atoms with Crippen molar-refractivity contribution in [2.75, 3.05) is 16.8 Å². The van der Waals surface area contributed by atoms with Crippen LogP contribution in [0.5, 0.6) is 0 Å². The number of carbonyl (C=O) groups is 1. The molecule has 0 radical (unpaired) electrons. The number of hydrogen-bond donors (Lipinski definition) is 1. The Balaban J connectivity index is 1.40. The maximum atomic E-state index is 12.8. The Morgan fingerprint density at radius 3 is 2.89 bits per heavy atom. The number of nitrogens with one attached hydrogen (secondary N) is 1. The van der Waals surface area contributed by atoms with Crippen molar-refractivity contribution >= 4 is 17.3 Å². The van der Waals surface area contributed by atoms with Gasteiger partial charge in [-0.1, -0.05) is 17.3 Å².